The van der Waals surface area contributed by atoms with Gasteiger partial charge in [-0.3, -0.25) is 4.79 Å². The van der Waals surface area contributed by atoms with E-state index in [4.69, 9.17) is 4.74 Å². The molecule has 0 saturated carbocycles. The molecule has 0 atom stereocenters. The highest BCUT2D eigenvalue weighted by Crippen LogP contribution is 2.15. The lowest BCUT2D eigenvalue weighted by Crippen LogP contribution is -2.22. The Hall–Kier alpha value is -2.60. The summed E-state index contributed by atoms with van der Waals surface area (Å²) in [4.78, 5) is 12.1. The number of carbonyl (C=O) groups is 1. The number of hydrogen-bond acceptors (Lipinski definition) is 3. The van der Waals surface area contributed by atoms with Crippen molar-refractivity contribution < 1.29 is 9.53 Å². The van der Waals surface area contributed by atoms with Gasteiger partial charge in [0.25, 0.3) is 5.91 Å². The van der Waals surface area contributed by atoms with E-state index in [1.54, 1.807) is 16.9 Å². The lowest BCUT2D eigenvalue weighted by atomic mass is 10.2. The summed E-state index contributed by atoms with van der Waals surface area (Å²) in [7, 11) is 0. The van der Waals surface area contributed by atoms with Gasteiger partial charge in [-0.25, -0.2) is 4.68 Å². The quantitative estimate of drug-likeness (QED) is 0.680. The van der Waals surface area contributed by atoms with Gasteiger partial charge in [-0.05, 0) is 36.8 Å². The Kier molecular flexibility index (Phi) is 5.50. The molecule has 6 heteroatoms. The van der Waals surface area contributed by atoms with Gasteiger partial charge >= 0.3 is 0 Å². The van der Waals surface area contributed by atoms with Crippen LogP contribution in [0.5, 0.6) is 5.75 Å². The molecule has 0 saturated heterocycles. The minimum atomic E-state index is -0.225. The van der Waals surface area contributed by atoms with Gasteiger partial charge in [0.2, 0.25) is 0 Å². The zero-order valence-electron chi connectivity index (χ0n) is 13.8. The molecule has 2 aromatic carbocycles. The van der Waals surface area contributed by atoms with E-state index in [0.717, 1.165) is 15.6 Å². The summed E-state index contributed by atoms with van der Waals surface area (Å²) in [5, 5.41) is 7.10. The minimum absolute atomic E-state index is 0.0505. The summed E-state index contributed by atoms with van der Waals surface area (Å²) in [5.41, 5.74) is 2.23. The van der Waals surface area contributed by atoms with E-state index in [9.17, 15) is 4.79 Å². The number of carbonyl (C=O) groups excluding carboxylic acids is 1. The maximum atomic E-state index is 12.1. The SMILES string of the molecule is Cc1ccc(OCC(=O)Nc2ccnn2Cc2cccc(Br)c2)cc1. The normalized spacial score (nSPS) is 10.5. The number of anilines is 1. The van der Waals surface area contributed by atoms with Gasteiger partial charge in [-0.1, -0.05) is 45.8 Å². The van der Waals surface area contributed by atoms with Crippen LogP contribution < -0.4 is 10.1 Å². The zero-order valence-corrected chi connectivity index (χ0v) is 15.4. The smallest absolute Gasteiger partial charge is 0.263 e. The first kappa shape index (κ1) is 17.2. The molecular weight excluding hydrogens is 382 g/mol. The Bertz CT molecular complexity index is 859. The maximum absolute atomic E-state index is 12.1. The lowest BCUT2D eigenvalue weighted by molar-refractivity contribution is -0.118. The minimum Gasteiger partial charge on any atom is -0.484 e. The first-order valence-electron chi connectivity index (χ1n) is 7.86. The molecule has 0 unspecified atom stereocenters. The number of rotatable bonds is 6. The van der Waals surface area contributed by atoms with Crippen molar-refractivity contribution in [2.24, 2.45) is 0 Å². The summed E-state index contributed by atoms with van der Waals surface area (Å²) < 4.78 is 8.25. The predicted molar refractivity (Wildman–Crippen MR) is 101 cm³/mol. The van der Waals surface area contributed by atoms with Crippen LogP contribution in [-0.2, 0) is 11.3 Å². The molecule has 1 aromatic heterocycles. The molecule has 0 spiro atoms. The number of amides is 1. The van der Waals surface area contributed by atoms with Crippen LogP contribution in [0.25, 0.3) is 0 Å². The van der Waals surface area contributed by atoms with Crippen LogP contribution in [0.3, 0.4) is 0 Å². The molecule has 0 aliphatic heterocycles. The molecule has 0 aliphatic carbocycles. The van der Waals surface area contributed by atoms with Crippen molar-refractivity contribution in [1.82, 2.24) is 9.78 Å². The molecule has 128 valence electrons. The highest BCUT2D eigenvalue weighted by atomic mass is 79.9. The second-order valence-corrected chi connectivity index (χ2v) is 6.57. The zero-order chi connectivity index (χ0) is 17.6. The highest BCUT2D eigenvalue weighted by molar-refractivity contribution is 9.10. The van der Waals surface area contributed by atoms with Crippen LogP contribution in [0, 0.1) is 6.92 Å². The number of nitrogens with one attached hydrogen (secondary N) is 1. The fourth-order valence-electron chi connectivity index (χ4n) is 2.34. The standard InChI is InChI=1S/C19H18BrN3O2/c1-14-5-7-17(8-6-14)25-13-19(24)22-18-9-10-21-23(18)12-15-3-2-4-16(20)11-15/h2-11H,12-13H2,1H3,(H,22,24). The van der Waals surface area contributed by atoms with E-state index in [1.807, 2.05) is 55.5 Å². The number of ether oxygens (including phenoxy) is 1. The van der Waals surface area contributed by atoms with Crippen molar-refractivity contribution in [2.75, 3.05) is 11.9 Å². The average molecular weight is 400 g/mol. The van der Waals surface area contributed by atoms with Crippen LogP contribution in [-0.4, -0.2) is 22.3 Å². The van der Waals surface area contributed by atoms with E-state index in [2.05, 4.69) is 26.3 Å². The second-order valence-electron chi connectivity index (χ2n) is 5.65. The summed E-state index contributed by atoms with van der Waals surface area (Å²) in [6, 6.07) is 17.3. The summed E-state index contributed by atoms with van der Waals surface area (Å²) in [6.45, 7) is 2.52. The summed E-state index contributed by atoms with van der Waals surface area (Å²) in [6.07, 6.45) is 1.66. The monoisotopic (exact) mass is 399 g/mol. The Morgan fingerprint density at radius 1 is 1.20 bits per heavy atom. The third-order valence-electron chi connectivity index (χ3n) is 3.60. The Labute approximate surface area is 154 Å². The molecule has 3 rings (SSSR count). The topological polar surface area (TPSA) is 56.1 Å². The van der Waals surface area contributed by atoms with E-state index >= 15 is 0 Å². The van der Waals surface area contributed by atoms with Gasteiger partial charge < -0.3 is 10.1 Å². The van der Waals surface area contributed by atoms with Crippen molar-refractivity contribution in [1.29, 1.82) is 0 Å². The number of halogens is 1. The molecule has 0 radical (unpaired) electrons. The number of nitrogens with zero attached hydrogens (tertiary/aromatic N) is 2. The number of benzene rings is 2. The van der Waals surface area contributed by atoms with Crippen LogP contribution in [0.1, 0.15) is 11.1 Å². The number of aromatic nitrogens is 2. The summed E-state index contributed by atoms with van der Waals surface area (Å²) in [5.74, 6) is 1.08. The molecule has 1 N–H and O–H groups in total. The van der Waals surface area contributed by atoms with Crippen molar-refractivity contribution in [3.8, 4) is 5.75 Å². The number of hydrogen-bond donors (Lipinski definition) is 1. The first-order chi connectivity index (χ1) is 12.1. The van der Waals surface area contributed by atoms with Crippen LogP contribution >= 0.6 is 15.9 Å². The molecular formula is C19H18BrN3O2. The summed E-state index contributed by atoms with van der Waals surface area (Å²) >= 11 is 3.46. The van der Waals surface area contributed by atoms with Crippen LogP contribution in [0.2, 0.25) is 0 Å². The molecule has 3 aromatic rings. The predicted octanol–water partition coefficient (Wildman–Crippen LogP) is 4.02. The molecule has 25 heavy (non-hydrogen) atoms. The Morgan fingerprint density at radius 3 is 2.76 bits per heavy atom. The maximum Gasteiger partial charge on any atom is 0.263 e. The molecule has 0 fully saturated rings. The number of aryl methyl sites for hydroxylation is 1. The van der Waals surface area contributed by atoms with E-state index in [-0.39, 0.29) is 12.5 Å². The van der Waals surface area contributed by atoms with Crippen LogP contribution in [0.15, 0.2) is 65.3 Å². The molecule has 1 amide bonds. The van der Waals surface area contributed by atoms with Gasteiger partial charge in [0.1, 0.15) is 11.6 Å². The van der Waals surface area contributed by atoms with Crippen molar-refractivity contribution in [3.63, 3.8) is 0 Å². The van der Waals surface area contributed by atoms with E-state index in [0.29, 0.717) is 18.1 Å². The van der Waals surface area contributed by atoms with Gasteiger partial charge in [-0.15, -0.1) is 0 Å². The molecule has 0 bridgehead atoms. The third-order valence-corrected chi connectivity index (χ3v) is 4.09. The second kappa shape index (κ2) is 7.98. The first-order valence-corrected chi connectivity index (χ1v) is 8.65. The van der Waals surface area contributed by atoms with Gasteiger partial charge in [0, 0.05) is 10.5 Å². The third kappa shape index (κ3) is 4.93. The van der Waals surface area contributed by atoms with Gasteiger partial charge in [0.05, 0.1) is 12.7 Å². The van der Waals surface area contributed by atoms with E-state index < -0.39 is 0 Å². The average Bonchev–Trinajstić information content (AvgIpc) is 3.01. The molecule has 1 heterocycles. The fourth-order valence-corrected chi connectivity index (χ4v) is 2.78. The highest BCUT2D eigenvalue weighted by Gasteiger charge is 2.09. The fraction of sp³-hybridized carbons (Fsp3) is 0.158. The van der Waals surface area contributed by atoms with Crippen molar-refractivity contribution in [3.05, 3.63) is 76.4 Å². The van der Waals surface area contributed by atoms with Crippen molar-refractivity contribution in [2.45, 2.75) is 13.5 Å². The lowest BCUT2D eigenvalue weighted by Gasteiger charge is -2.10. The molecule has 5 nitrogen and oxygen atoms in total. The Morgan fingerprint density at radius 2 is 2.00 bits per heavy atom. The largest absolute Gasteiger partial charge is 0.484 e. The molecule has 0 aliphatic rings. The van der Waals surface area contributed by atoms with Crippen LogP contribution in [0.4, 0.5) is 5.82 Å². The van der Waals surface area contributed by atoms with E-state index in [1.165, 1.54) is 0 Å². The van der Waals surface area contributed by atoms with Crippen molar-refractivity contribution >= 4 is 27.7 Å². The van der Waals surface area contributed by atoms with Gasteiger partial charge in [-0.2, -0.15) is 5.10 Å². The Balaban J connectivity index is 1.58. The van der Waals surface area contributed by atoms with Gasteiger partial charge in [0.15, 0.2) is 6.61 Å².